The van der Waals surface area contributed by atoms with Crippen molar-refractivity contribution in [1.82, 2.24) is 15.2 Å². The molecule has 3 rings (SSSR count). The van der Waals surface area contributed by atoms with Crippen molar-refractivity contribution in [2.75, 3.05) is 5.73 Å². The number of anilines is 1. The fourth-order valence-corrected chi connectivity index (χ4v) is 2.66. The van der Waals surface area contributed by atoms with Gasteiger partial charge in [0.05, 0.1) is 5.39 Å². The molecule has 17 heavy (non-hydrogen) atoms. The number of aromatic nitrogens is 3. The molecule has 4 nitrogen and oxygen atoms in total. The Balaban J connectivity index is 1.92. The first-order chi connectivity index (χ1) is 8.24. The molecule has 2 aromatic heterocycles. The highest BCUT2D eigenvalue weighted by Gasteiger charge is 2.20. The monoisotopic (exact) mass is 229 g/mol. The van der Waals surface area contributed by atoms with E-state index in [1.54, 1.807) is 0 Å². The molecular formula is C13H17N4. The van der Waals surface area contributed by atoms with Gasteiger partial charge in [0, 0.05) is 6.20 Å². The smallest absolute Gasteiger partial charge is 0.157 e. The second-order valence-electron chi connectivity index (χ2n) is 4.99. The Kier molecular flexibility index (Phi) is 2.50. The lowest BCUT2D eigenvalue weighted by atomic mass is 9.80. The molecule has 0 aromatic carbocycles. The van der Waals surface area contributed by atoms with Crippen LogP contribution in [0, 0.1) is 12.8 Å². The van der Waals surface area contributed by atoms with Gasteiger partial charge < -0.3 is 5.73 Å². The number of fused-ring (bicyclic) bond motifs is 1. The molecule has 1 aliphatic carbocycles. The summed E-state index contributed by atoms with van der Waals surface area (Å²) in [5.74, 6) is 1.78. The summed E-state index contributed by atoms with van der Waals surface area (Å²) in [6.45, 7) is 4.13. The maximum absolute atomic E-state index is 5.80. The van der Waals surface area contributed by atoms with E-state index in [4.69, 9.17) is 5.73 Å². The average Bonchev–Trinajstić information content (AvgIpc) is 2.72. The molecule has 0 aliphatic heterocycles. The predicted molar refractivity (Wildman–Crippen MR) is 68.4 cm³/mol. The van der Waals surface area contributed by atoms with Gasteiger partial charge in [-0.2, -0.15) is 5.10 Å². The van der Waals surface area contributed by atoms with Crippen LogP contribution in [0.4, 0.5) is 5.82 Å². The third-order valence-corrected chi connectivity index (χ3v) is 3.79. The van der Waals surface area contributed by atoms with Gasteiger partial charge in [-0.25, -0.2) is 4.98 Å². The lowest BCUT2D eigenvalue weighted by Gasteiger charge is -2.26. The predicted octanol–water partition coefficient (Wildman–Crippen LogP) is 2.65. The number of nitrogens with two attached hydrogens (primary N) is 1. The maximum atomic E-state index is 5.80. The highest BCUT2D eigenvalue weighted by Crippen LogP contribution is 2.36. The summed E-state index contributed by atoms with van der Waals surface area (Å²) in [6.07, 6.45) is 6.79. The maximum Gasteiger partial charge on any atom is 0.157 e. The van der Waals surface area contributed by atoms with Crippen LogP contribution in [-0.2, 0) is 0 Å². The van der Waals surface area contributed by atoms with Crippen LogP contribution in [0.3, 0.4) is 0 Å². The molecule has 1 radical (unpaired) electrons. The third-order valence-electron chi connectivity index (χ3n) is 3.79. The lowest BCUT2D eigenvalue weighted by molar-refractivity contribution is 0.373. The topological polar surface area (TPSA) is 67.6 Å². The number of aromatic amines is 1. The van der Waals surface area contributed by atoms with Crippen LogP contribution in [0.5, 0.6) is 0 Å². The van der Waals surface area contributed by atoms with E-state index >= 15 is 0 Å². The van der Waals surface area contributed by atoms with E-state index < -0.39 is 0 Å². The molecule has 1 fully saturated rings. The SMILES string of the molecule is [CH2]C1CCC(c2cnc3[nH]nc(N)c3c2)CC1. The van der Waals surface area contributed by atoms with Crippen molar-refractivity contribution >= 4 is 16.9 Å². The van der Waals surface area contributed by atoms with Crippen molar-refractivity contribution in [3.8, 4) is 0 Å². The summed E-state index contributed by atoms with van der Waals surface area (Å²) >= 11 is 0. The van der Waals surface area contributed by atoms with E-state index in [9.17, 15) is 0 Å². The quantitative estimate of drug-likeness (QED) is 0.790. The van der Waals surface area contributed by atoms with Crippen molar-refractivity contribution in [3.63, 3.8) is 0 Å². The molecule has 0 amide bonds. The molecule has 1 aliphatic rings. The Morgan fingerprint density at radius 3 is 2.82 bits per heavy atom. The highest BCUT2D eigenvalue weighted by atomic mass is 15.2. The Labute approximate surface area is 101 Å². The largest absolute Gasteiger partial charge is 0.382 e. The summed E-state index contributed by atoms with van der Waals surface area (Å²) in [4.78, 5) is 4.38. The van der Waals surface area contributed by atoms with Gasteiger partial charge in [-0.3, -0.25) is 5.10 Å². The number of nitrogen functional groups attached to an aromatic ring is 1. The van der Waals surface area contributed by atoms with Gasteiger partial charge in [0.2, 0.25) is 0 Å². The molecule has 4 heteroatoms. The molecule has 0 bridgehead atoms. The van der Waals surface area contributed by atoms with Crippen LogP contribution in [0.25, 0.3) is 11.0 Å². The summed E-state index contributed by atoms with van der Waals surface area (Å²) in [6, 6.07) is 2.13. The van der Waals surface area contributed by atoms with Crippen molar-refractivity contribution in [2.24, 2.45) is 5.92 Å². The first-order valence-electron chi connectivity index (χ1n) is 6.16. The molecule has 89 valence electrons. The van der Waals surface area contributed by atoms with E-state index in [-0.39, 0.29) is 0 Å². The molecule has 0 unspecified atom stereocenters. The van der Waals surface area contributed by atoms with Crippen molar-refractivity contribution in [2.45, 2.75) is 31.6 Å². The zero-order valence-corrected chi connectivity index (χ0v) is 9.82. The molecule has 1 saturated carbocycles. The molecule has 0 atom stereocenters. The van der Waals surface area contributed by atoms with Gasteiger partial charge >= 0.3 is 0 Å². The number of pyridine rings is 1. The number of rotatable bonds is 1. The molecule has 2 aromatic rings. The molecule has 0 spiro atoms. The molecule has 0 saturated heterocycles. The lowest BCUT2D eigenvalue weighted by Crippen LogP contribution is -2.11. The van der Waals surface area contributed by atoms with Gasteiger partial charge in [-0.05, 0) is 49.1 Å². The number of nitrogens with one attached hydrogen (secondary N) is 1. The summed E-state index contributed by atoms with van der Waals surface area (Å²) in [5.41, 5.74) is 7.87. The number of hydrogen-bond acceptors (Lipinski definition) is 3. The second kappa shape index (κ2) is 4.02. The zero-order chi connectivity index (χ0) is 11.8. The van der Waals surface area contributed by atoms with Gasteiger partial charge in [-0.1, -0.05) is 6.92 Å². The Morgan fingerprint density at radius 2 is 2.06 bits per heavy atom. The zero-order valence-electron chi connectivity index (χ0n) is 9.82. The van der Waals surface area contributed by atoms with Gasteiger partial charge in [0.1, 0.15) is 0 Å². The van der Waals surface area contributed by atoms with E-state index in [2.05, 4.69) is 28.2 Å². The minimum Gasteiger partial charge on any atom is -0.382 e. The average molecular weight is 229 g/mol. The minimum atomic E-state index is 0.542. The van der Waals surface area contributed by atoms with Gasteiger partial charge in [0.15, 0.2) is 11.5 Å². The number of hydrogen-bond donors (Lipinski definition) is 2. The Bertz CT molecular complexity index is 523. The van der Waals surface area contributed by atoms with Crippen LogP contribution in [0.15, 0.2) is 12.3 Å². The third kappa shape index (κ3) is 1.88. The summed E-state index contributed by atoms with van der Waals surface area (Å²) in [7, 11) is 0. The van der Waals surface area contributed by atoms with E-state index in [1.165, 1.54) is 31.2 Å². The molecule has 2 heterocycles. The molecular weight excluding hydrogens is 212 g/mol. The van der Waals surface area contributed by atoms with Gasteiger partial charge in [-0.15, -0.1) is 0 Å². The van der Waals surface area contributed by atoms with Crippen LogP contribution in [-0.4, -0.2) is 15.2 Å². The Hall–Kier alpha value is -1.58. The van der Waals surface area contributed by atoms with Crippen molar-refractivity contribution < 1.29 is 0 Å². The first kappa shape index (κ1) is 10.6. The highest BCUT2D eigenvalue weighted by molar-refractivity contribution is 5.86. The molecule has 3 N–H and O–H groups in total. The standard InChI is InChI=1S/C13H17N4/c1-8-2-4-9(5-3-8)10-6-11-12(14)16-17-13(11)15-7-10/h6-9H,1-5H2,(H3,14,15,16,17). The summed E-state index contributed by atoms with van der Waals surface area (Å²) in [5, 5.41) is 7.75. The summed E-state index contributed by atoms with van der Waals surface area (Å²) < 4.78 is 0. The number of nitrogens with zero attached hydrogens (tertiary/aromatic N) is 2. The fourth-order valence-electron chi connectivity index (χ4n) is 2.66. The van der Waals surface area contributed by atoms with Crippen molar-refractivity contribution in [3.05, 3.63) is 24.8 Å². The first-order valence-corrected chi connectivity index (χ1v) is 6.16. The second-order valence-corrected chi connectivity index (χ2v) is 4.99. The van der Waals surface area contributed by atoms with E-state index in [0.717, 1.165) is 11.0 Å². The number of H-pyrrole nitrogens is 1. The van der Waals surface area contributed by atoms with E-state index in [1.807, 2.05) is 6.20 Å². The van der Waals surface area contributed by atoms with Gasteiger partial charge in [0.25, 0.3) is 0 Å². The van der Waals surface area contributed by atoms with Crippen LogP contribution in [0.1, 0.15) is 37.2 Å². The van der Waals surface area contributed by atoms with E-state index in [0.29, 0.717) is 17.7 Å². The normalized spacial score (nSPS) is 25.2. The van der Waals surface area contributed by atoms with Crippen molar-refractivity contribution in [1.29, 1.82) is 0 Å². The minimum absolute atomic E-state index is 0.542. The van der Waals surface area contributed by atoms with Crippen LogP contribution in [0.2, 0.25) is 0 Å². The fraction of sp³-hybridized carbons (Fsp3) is 0.462. The van der Waals surface area contributed by atoms with Crippen LogP contribution < -0.4 is 5.73 Å². The Morgan fingerprint density at radius 1 is 1.29 bits per heavy atom. The van der Waals surface area contributed by atoms with Crippen LogP contribution >= 0.6 is 0 Å².